The zero-order valence-corrected chi connectivity index (χ0v) is 12.5. The van der Waals surface area contributed by atoms with Crippen LogP contribution in [-0.2, 0) is 6.42 Å². The Morgan fingerprint density at radius 3 is 3.05 bits per heavy atom. The summed E-state index contributed by atoms with van der Waals surface area (Å²) in [5.41, 5.74) is 2.67. The summed E-state index contributed by atoms with van der Waals surface area (Å²) >= 11 is 6.37. The molecule has 1 saturated heterocycles. The van der Waals surface area contributed by atoms with Gasteiger partial charge in [-0.1, -0.05) is 24.6 Å². The van der Waals surface area contributed by atoms with Crippen molar-refractivity contribution >= 4 is 11.6 Å². The van der Waals surface area contributed by atoms with Gasteiger partial charge in [0.1, 0.15) is 11.9 Å². The first kappa shape index (κ1) is 13.3. The Morgan fingerprint density at radius 2 is 2.26 bits per heavy atom. The third-order valence-corrected chi connectivity index (χ3v) is 4.94. The maximum Gasteiger partial charge on any atom is 0.123 e. The van der Waals surface area contributed by atoms with Crippen LogP contribution in [0.2, 0.25) is 0 Å². The minimum absolute atomic E-state index is 0.291. The van der Waals surface area contributed by atoms with Crippen LogP contribution in [0.25, 0.3) is 0 Å². The van der Waals surface area contributed by atoms with Crippen LogP contribution in [0.3, 0.4) is 0 Å². The van der Waals surface area contributed by atoms with E-state index in [1.165, 1.54) is 17.5 Å². The SMILES string of the molecule is Cc1ccc2c(c1)CC(CN1CCC(C)C(Cl)C1)O2. The maximum atomic E-state index is 6.37. The van der Waals surface area contributed by atoms with Crippen molar-refractivity contribution in [1.82, 2.24) is 4.90 Å². The van der Waals surface area contributed by atoms with Crippen molar-refractivity contribution in [1.29, 1.82) is 0 Å². The Morgan fingerprint density at radius 1 is 1.42 bits per heavy atom. The van der Waals surface area contributed by atoms with Crippen molar-refractivity contribution < 1.29 is 4.74 Å². The predicted molar refractivity (Wildman–Crippen MR) is 79.2 cm³/mol. The number of likely N-dealkylation sites (tertiary alicyclic amines) is 1. The largest absolute Gasteiger partial charge is 0.488 e. The molecule has 2 aliphatic rings. The van der Waals surface area contributed by atoms with Gasteiger partial charge in [-0.15, -0.1) is 11.6 Å². The lowest BCUT2D eigenvalue weighted by molar-refractivity contribution is 0.122. The molecule has 1 aromatic rings. The van der Waals surface area contributed by atoms with Gasteiger partial charge in [-0.3, -0.25) is 4.90 Å². The standard InChI is InChI=1S/C16H22ClNO/c1-11-3-4-16-13(7-11)8-14(19-16)9-18-6-5-12(2)15(17)10-18/h3-4,7,12,14-15H,5-6,8-10H2,1-2H3. The number of benzene rings is 1. The molecule has 0 aliphatic carbocycles. The van der Waals surface area contributed by atoms with Gasteiger partial charge >= 0.3 is 0 Å². The van der Waals surface area contributed by atoms with Gasteiger partial charge < -0.3 is 4.74 Å². The lowest BCUT2D eigenvalue weighted by Gasteiger charge is -2.35. The second kappa shape index (κ2) is 5.34. The lowest BCUT2D eigenvalue weighted by atomic mass is 9.98. The van der Waals surface area contributed by atoms with Crippen molar-refractivity contribution in [2.24, 2.45) is 5.92 Å². The normalized spacial score (nSPS) is 31.0. The number of rotatable bonds is 2. The van der Waals surface area contributed by atoms with Crippen LogP contribution >= 0.6 is 11.6 Å². The number of aryl methyl sites for hydroxylation is 1. The van der Waals surface area contributed by atoms with Gasteiger partial charge in [-0.25, -0.2) is 0 Å². The highest BCUT2D eigenvalue weighted by molar-refractivity contribution is 6.21. The maximum absolute atomic E-state index is 6.37. The van der Waals surface area contributed by atoms with Crippen LogP contribution in [0.5, 0.6) is 5.75 Å². The van der Waals surface area contributed by atoms with Gasteiger partial charge in [0, 0.05) is 24.9 Å². The topological polar surface area (TPSA) is 12.5 Å². The van der Waals surface area contributed by atoms with Gasteiger partial charge in [-0.05, 0) is 37.4 Å². The molecule has 1 aromatic carbocycles. The zero-order chi connectivity index (χ0) is 13.4. The molecule has 3 atom stereocenters. The summed E-state index contributed by atoms with van der Waals surface area (Å²) in [5, 5.41) is 0.291. The van der Waals surface area contributed by atoms with Crippen molar-refractivity contribution in [2.75, 3.05) is 19.6 Å². The van der Waals surface area contributed by atoms with Gasteiger partial charge in [0.05, 0.1) is 0 Å². The number of alkyl halides is 1. The van der Waals surface area contributed by atoms with Crippen LogP contribution in [0.1, 0.15) is 24.5 Å². The molecule has 3 unspecified atom stereocenters. The van der Waals surface area contributed by atoms with Gasteiger partial charge in [-0.2, -0.15) is 0 Å². The average Bonchev–Trinajstić information content (AvgIpc) is 2.75. The second-order valence-electron chi connectivity index (χ2n) is 6.10. The molecule has 3 heteroatoms. The van der Waals surface area contributed by atoms with Crippen molar-refractivity contribution in [3.05, 3.63) is 29.3 Å². The molecular weight excluding hydrogens is 258 g/mol. The first-order valence-electron chi connectivity index (χ1n) is 7.24. The monoisotopic (exact) mass is 279 g/mol. The highest BCUT2D eigenvalue weighted by atomic mass is 35.5. The lowest BCUT2D eigenvalue weighted by Crippen LogP contribution is -2.44. The summed E-state index contributed by atoms with van der Waals surface area (Å²) in [6.07, 6.45) is 2.54. The first-order chi connectivity index (χ1) is 9.11. The van der Waals surface area contributed by atoms with E-state index < -0.39 is 0 Å². The molecule has 1 fully saturated rings. The summed E-state index contributed by atoms with van der Waals surface area (Å²) in [6.45, 7) is 7.54. The van der Waals surface area contributed by atoms with E-state index >= 15 is 0 Å². The third kappa shape index (κ3) is 2.90. The van der Waals surface area contributed by atoms with E-state index in [-0.39, 0.29) is 0 Å². The molecule has 0 spiro atoms. The molecule has 0 saturated carbocycles. The summed E-state index contributed by atoms with van der Waals surface area (Å²) < 4.78 is 6.04. The van der Waals surface area contributed by atoms with Gasteiger partial charge in [0.15, 0.2) is 0 Å². The second-order valence-corrected chi connectivity index (χ2v) is 6.66. The van der Waals surface area contributed by atoms with Crippen LogP contribution in [0.15, 0.2) is 18.2 Å². The highest BCUT2D eigenvalue weighted by Crippen LogP contribution is 2.30. The number of nitrogens with zero attached hydrogens (tertiary/aromatic N) is 1. The molecular formula is C16H22ClNO. The predicted octanol–water partition coefficient (Wildman–Crippen LogP) is 3.25. The minimum Gasteiger partial charge on any atom is -0.488 e. The van der Waals surface area contributed by atoms with E-state index in [2.05, 4.69) is 36.9 Å². The third-order valence-electron chi connectivity index (χ3n) is 4.37. The molecule has 104 valence electrons. The zero-order valence-electron chi connectivity index (χ0n) is 11.7. The smallest absolute Gasteiger partial charge is 0.123 e. The van der Waals surface area contributed by atoms with Gasteiger partial charge in [0.2, 0.25) is 0 Å². The summed E-state index contributed by atoms with van der Waals surface area (Å²) in [7, 11) is 0. The van der Waals surface area contributed by atoms with E-state index in [1.54, 1.807) is 0 Å². The Kier molecular flexibility index (Phi) is 3.72. The quantitative estimate of drug-likeness (QED) is 0.771. The average molecular weight is 280 g/mol. The molecule has 0 bridgehead atoms. The summed E-state index contributed by atoms with van der Waals surface area (Å²) in [4.78, 5) is 2.46. The van der Waals surface area contributed by atoms with Crippen LogP contribution in [0.4, 0.5) is 0 Å². The Bertz CT molecular complexity index is 462. The molecule has 0 aromatic heterocycles. The molecule has 0 radical (unpaired) electrons. The van der Waals surface area contributed by atoms with E-state index in [0.29, 0.717) is 17.4 Å². The van der Waals surface area contributed by atoms with E-state index in [9.17, 15) is 0 Å². The number of piperidine rings is 1. The molecule has 2 aliphatic heterocycles. The summed E-state index contributed by atoms with van der Waals surface area (Å²) in [6, 6.07) is 6.48. The highest BCUT2D eigenvalue weighted by Gasteiger charge is 2.29. The molecule has 2 heterocycles. The van der Waals surface area contributed by atoms with E-state index in [0.717, 1.165) is 31.8 Å². The molecule has 0 amide bonds. The minimum atomic E-state index is 0.291. The Balaban J connectivity index is 1.59. The van der Waals surface area contributed by atoms with Crippen molar-refractivity contribution in [2.45, 2.75) is 38.2 Å². The fourth-order valence-corrected chi connectivity index (χ4v) is 3.41. The fourth-order valence-electron chi connectivity index (χ4n) is 3.09. The Hall–Kier alpha value is -0.730. The van der Waals surface area contributed by atoms with Gasteiger partial charge in [0.25, 0.3) is 0 Å². The fraction of sp³-hybridized carbons (Fsp3) is 0.625. The molecule has 19 heavy (non-hydrogen) atoms. The van der Waals surface area contributed by atoms with Crippen LogP contribution in [0, 0.1) is 12.8 Å². The number of ether oxygens (including phenoxy) is 1. The number of halogens is 1. The first-order valence-corrected chi connectivity index (χ1v) is 7.68. The molecule has 3 rings (SSSR count). The number of hydrogen-bond donors (Lipinski definition) is 0. The van der Waals surface area contributed by atoms with E-state index in [4.69, 9.17) is 16.3 Å². The van der Waals surface area contributed by atoms with E-state index in [1.807, 2.05) is 0 Å². The van der Waals surface area contributed by atoms with Crippen LogP contribution < -0.4 is 4.74 Å². The number of hydrogen-bond acceptors (Lipinski definition) is 2. The molecule has 2 nitrogen and oxygen atoms in total. The molecule has 0 N–H and O–H groups in total. The number of fused-ring (bicyclic) bond motifs is 1. The Labute approximate surface area is 120 Å². The van der Waals surface area contributed by atoms with Crippen molar-refractivity contribution in [3.8, 4) is 5.75 Å². The van der Waals surface area contributed by atoms with Crippen molar-refractivity contribution in [3.63, 3.8) is 0 Å². The van der Waals surface area contributed by atoms with Crippen LogP contribution in [-0.4, -0.2) is 36.0 Å². The summed E-state index contributed by atoms with van der Waals surface area (Å²) in [5.74, 6) is 1.71.